The van der Waals surface area contributed by atoms with Gasteiger partial charge >= 0.3 is 12.0 Å². The zero-order chi connectivity index (χ0) is 18.2. The molecule has 0 aliphatic carbocycles. The number of carbonyl (C=O) groups excluding carboxylic acids is 1. The number of carbonyl (C=O) groups is 2. The van der Waals surface area contributed by atoms with Crippen molar-refractivity contribution in [1.29, 1.82) is 0 Å². The lowest BCUT2D eigenvalue weighted by atomic mass is 10.0. The lowest BCUT2D eigenvalue weighted by Gasteiger charge is -2.18. The van der Waals surface area contributed by atoms with E-state index in [9.17, 15) is 9.59 Å². The van der Waals surface area contributed by atoms with Crippen LogP contribution in [-0.4, -0.2) is 32.9 Å². The second-order valence-corrected chi connectivity index (χ2v) is 6.19. The van der Waals surface area contributed by atoms with Gasteiger partial charge in [0.15, 0.2) is 5.82 Å². The Bertz CT molecular complexity index is 697. The molecule has 1 aromatic heterocycles. The number of aromatic nitrogens is 2. The van der Waals surface area contributed by atoms with Crippen molar-refractivity contribution in [2.75, 3.05) is 5.32 Å². The maximum Gasteiger partial charge on any atom is 0.320 e. The van der Waals surface area contributed by atoms with Gasteiger partial charge in [0.1, 0.15) is 0 Å². The van der Waals surface area contributed by atoms with E-state index < -0.39 is 5.97 Å². The third kappa shape index (κ3) is 6.29. The van der Waals surface area contributed by atoms with Crippen LogP contribution < -0.4 is 10.6 Å². The number of anilines is 1. The average Bonchev–Trinajstić information content (AvgIpc) is 3.02. The van der Waals surface area contributed by atoms with Gasteiger partial charge in [-0.15, -0.1) is 0 Å². The maximum atomic E-state index is 12.2. The molecule has 7 nitrogen and oxygen atoms in total. The van der Waals surface area contributed by atoms with Crippen molar-refractivity contribution in [3.05, 3.63) is 48.2 Å². The van der Waals surface area contributed by atoms with E-state index in [0.29, 0.717) is 18.7 Å². The van der Waals surface area contributed by atoms with Crippen LogP contribution in [0.3, 0.4) is 0 Å². The van der Waals surface area contributed by atoms with Crippen molar-refractivity contribution in [3.8, 4) is 0 Å². The van der Waals surface area contributed by atoms with Gasteiger partial charge in [-0.2, -0.15) is 5.10 Å². The van der Waals surface area contributed by atoms with E-state index in [1.807, 2.05) is 44.2 Å². The van der Waals surface area contributed by atoms with E-state index in [1.165, 1.54) is 0 Å². The number of nitrogens with zero attached hydrogens (tertiary/aromatic N) is 2. The Kier molecular flexibility index (Phi) is 6.56. The number of benzene rings is 1. The molecule has 1 aromatic carbocycles. The first-order chi connectivity index (χ1) is 11.9. The molecule has 134 valence electrons. The van der Waals surface area contributed by atoms with Gasteiger partial charge in [0.25, 0.3) is 0 Å². The number of amides is 2. The molecule has 0 aliphatic rings. The zero-order valence-corrected chi connectivity index (χ0v) is 14.5. The first-order valence-electron chi connectivity index (χ1n) is 8.32. The Balaban J connectivity index is 1.96. The normalized spacial score (nSPS) is 12.0. The highest BCUT2D eigenvalue weighted by Gasteiger charge is 2.15. The summed E-state index contributed by atoms with van der Waals surface area (Å²) in [4.78, 5) is 23.1. The molecule has 0 radical (unpaired) electrons. The first-order valence-corrected chi connectivity index (χ1v) is 8.32. The number of aliphatic carboxylic acids is 1. The lowest BCUT2D eigenvalue weighted by Crippen LogP contribution is -2.39. The number of carboxylic acid groups (broad SMARTS) is 1. The van der Waals surface area contributed by atoms with Crippen LogP contribution >= 0.6 is 0 Å². The predicted molar refractivity (Wildman–Crippen MR) is 95.6 cm³/mol. The molecule has 1 atom stereocenters. The standard InChI is InChI=1S/C18H24N4O3/c1-13(2)22-11-10-16(21-22)20-18(25)19-15(8-9-17(23)24)12-14-6-4-3-5-7-14/h3-7,10-11,13,15H,8-9,12H2,1-2H3,(H,23,24)(H2,19,20,21,25). The summed E-state index contributed by atoms with van der Waals surface area (Å²) in [6.07, 6.45) is 2.73. The number of urea groups is 1. The summed E-state index contributed by atoms with van der Waals surface area (Å²) in [6, 6.07) is 10.9. The summed E-state index contributed by atoms with van der Waals surface area (Å²) in [5.41, 5.74) is 1.04. The monoisotopic (exact) mass is 344 g/mol. The zero-order valence-electron chi connectivity index (χ0n) is 14.5. The highest BCUT2D eigenvalue weighted by atomic mass is 16.4. The fraction of sp³-hybridized carbons (Fsp3) is 0.389. The SMILES string of the molecule is CC(C)n1ccc(NC(=O)NC(CCC(=O)O)Cc2ccccc2)n1. The van der Waals surface area contributed by atoms with Gasteiger partial charge < -0.3 is 10.4 Å². The minimum absolute atomic E-state index is 0.000241. The summed E-state index contributed by atoms with van der Waals surface area (Å²) in [5, 5.41) is 18.7. The molecule has 0 bridgehead atoms. The minimum atomic E-state index is -0.879. The van der Waals surface area contributed by atoms with Gasteiger partial charge in [0, 0.05) is 30.8 Å². The first kappa shape index (κ1) is 18.5. The van der Waals surface area contributed by atoms with E-state index in [-0.39, 0.29) is 24.5 Å². The second kappa shape index (κ2) is 8.86. The number of hydrogen-bond acceptors (Lipinski definition) is 3. The largest absolute Gasteiger partial charge is 0.481 e. The summed E-state index contributed by atoms with van der Waals surface area (Å²) in [5.74, 6) is -0.418. The smallest absolute Gasteiger partial charge is 0.320 e. The highest BCUT2D eigenvalue weighted by Crippen LogP contribution is 2.10. The molecule has 0 fully saturated rings. The predicted octanol–water partition coefficient (Wildman–Crippen LogP) is 3.06. The Labute approximate surface area is 147 Å². The quantitative estimate of drug-likeness (QED) is 0.686. The topological polar surface area (TPSA) is 96.2 Å². The van der Waals surface area contributed by atoms with Crippen molar-refractivity contribution in [3.63, 3.8) is 0 Å². The average molecular weight is 344 g/mol. The van der Waals surface area contributed by atoms with Gasteiger partial charge in [-0.3, -0.25) is 14.8 Å². The minimum Gasteiger partial charge on any atom is -0.481 e. The van der Waals surface area contributed by atoms with E-state index in [2.05, 4.69) is 15.7 Å². The lowest BCUT2D eigenvalue weighted by molar-refractivity contribution is -0.137. The van der Waals surface area contributed by atoms with Gasteiger partial charge in [-0.05, 0) is 32.3 Å². The van der Waals surface area contributed by atoms with Crippen LogP contribution in [0.2, 0.25) is 0 Å². The molecule has 1 heterocycles. The van der Waals surface area contributed by atoms with Crippen LogP contribution in [0.5, 0.6) is 0 Å². The number of hydrogen-bond donors (Lipinski definition) is 3. The molecule has 2 aromatic rings. The molecule has 0 spiro atoms. The van der Waals surface area contributed by atoms with Crippen LogP contribution in [0.4, 0.5) is 10.6 Å². The van der Waals surface area contributed by atoms with E-state index in [1.54, 1.807) is 16.9 Å². The van der Waals surface area contributed by atoms with Gasteiger partial charge in [0.2, 0.25) is 0 Å². The third-order valence-electron chi connectivity index (χ3n) is 3.75. The van der Waals surface area contributed by atoms with E-state index >= 15 is 0 Å². The van der Waals surface area contributed by atoms with Gasteiger partial charge in [-0.25, -0.2) is 4.79 Å². The fourth-order valence-electron chi connectivity index (χ4n) is 2.45. The van der Waals surface area contributed by atoms with Crippen molar-refractivity contribution in [1.82, 2.24) is 15.1 Å². The molecule has 1 unspecified atom stereocenters. The van der Waals surface area contributed by atoms with E-state index in [0.717, 1.165) is 5.56 Å². The van der Waals surface area contributed by atoms with Crippen molar-refractivity contribution in [2.24, 2.45) is 0 Å². The molecule has 2 amide bonds. The fourth-order valence-corrected chi connectivity index (χ4v) is 2.45. The Morgan fingerprint density at radius 3 is 2.52 bits per heavy atom. The van der Waals surface area contributed by atoms with Crippen LogP contribution in [0, 0.1) is 0 Å². The van der Waals surface area contributed by atoms with Crippen LogP contribution in [0.25, 0.3) is 0 Å². The Morgan fingerprint density at radius 1 is 1.20 bits per heavy atom. The Hall–Kier alpha value is -2.83. The molecular weight excluding hydrogens is 320 g/mol. The molecular formula is C18H24N4O3. The highest BCUT2D eigenvalue weighted by molar-refractivity contribution is 5.88. The number of rotatable bonds is 8. The summed E-state index contributed by atoms with van der Waals surface area (Å²) in [7, 11) is 0. The molecule has 25 heavy (non-hydrogen) atoms. The molecule has 2 rings (SSSR count). The Morgan fingerprint density at radius 2 is 1.92 bits per heavy atom. The van der Waals surface area contributed by atoms with Crippen LogP contribution in [-0.2, 0) is 11.2 Å². The molecule has 3 N–H and O–H groups in total. The molecule has 0 aliphatic heterocycles. The van der Waals surface area contributed by atoms with Crippen LogP contribution in [0.1, 0.15) is 38.3 Å². The van der Waals surface area contributed by atoms with E-state index in [4.69, 9.17) is 5.11 Å². The van der Waals surface area contributed by atoms with Crippen LogP contribution in [0.15, 0.2) is 42.6 Å². The van der Waals surface area contributed by atoms with Crippen molar-refractivity contribution in [2.45, 2.75) is 45.2 Å². The molecule has 0 saturated heterocycles. The third-order valence-corrected chi connectivity index (χ3v) is 3.75. The number of carboxylic acids is 1. The van der Waals surface area contributed by atoms with Gasteiger partial charge in [-0.1, -0.05) is 30.3 Å². The molecule has 7 heteroatoms. The van der Waals surface area contributed by atoms with Crippen molar-refractivity contribution < 1.29 is 14.7 Å². The van der Waals surface area contributed by atoms with Gasteiger partial charge in [0.05, 0.1) is 0 Å². The summed E-state index contributed by atoms with van der Waals surface area (Å²) < 4.78 is 1.75. The number of nitrogens with one attached hydrogen (secondary N) is 2. The summed E-state index contributed by atoms with van der Waals surface area (Å²) >= 11 is 0. The second-order valence-electron chi connectivity index (χ2n) is 6.19. The summed E-state index contributed by atoms with van der Waals surface area (Å²) in [6.45, 7) is 4.00. The van der Waals surface area contributed by atoms with Crippen molar-refractivity contribution >= 4 is 17.8 Å². The molecule has 0 saturated carbocycles. The maximum absolute atomic E-state index is 12.2.